The quantitative estimate of drug-likeness (QED) is 0.720. The van der Waals surface area contributed by atoms with E-state index in [9.17, 15) is 9.50 Å². The number of benzene rings is 1. The van der Waals surface area contributed by atoms with Crippen molar-refractivity contribution in [2.45, 2.75) is 26.0 Å². The summed E-state index contributed by atoms with van der Waals surface area (Å²) in [7, 11) is 0. The molecule has 0 fully saturated rings. The Labute approximate surface area is 99.3 Å². The van der Waals surface area contributed by atoms with Crippen LogP contribution in [-0.4, -0.2) is 15.8 Å². The number of fused-ring (bicyclic) bond motifs is 3. The fourth-order valence-corrected chi connectivity index (χ4v) is 2.57. The molecule has 0 aliphatic heterocycles. The van der Waals surface area contributed by atoms with Crippen LogP contribution in [0.4, 0.5) is 4.39 Å². The number of aliphatic hydroxyl groups excluding tert-OH is 1. The minimum absolute atomic E-state index is 0.184. The van der Waals surface area contributed by atoms with Crippen LogP contribution in [0.5, 0.6) is 0 Å². The van der Waals surface area contributed by atoms with Crippen LogP contribution < -0.4 is 0 Å². The van der Waals surface area contributed by atoms with Gasteiger partial charge in [0.2, 0.25) is 0 Å². The standard InChI is InChI=1S/C14H14FNO/c1-9(17)8-16-5-4-10-6-11-7-12(15)2-3-13(11)14(10)16/h2-5,7,9,17H,6,8H2,1H3/t9-/m1/s1. The van der Waals surface area contributed by atoms with Gasteiger partial charge in [0.1, 0.15) is 5.82 Å². The van der Waals surface area contributed by atoms with Crippen LogP contribution >= 0.6 is 0 Å². The molecular formula is C14H14FNO. The molecule has 17 heavy (non-hydrogen) atoms. The average Bonchev–Trinajstić information content (AvgIpc) is 2.77. The predicted octanol–water partition coefficient (Wildman–Crippen LogP) is 2.58. The zero-order valence-electron chi connectivity index (χ0n) is 9.65. The van der Waals surface area contributed by atoms with E-state index in [-0.39, 0.29) is 11.9 Å². The first kappa shape index (κ1) is 10.5. The van der Waals surface area contributed by atoms with E-state index in [0.717, 1.165) is 23.2 Å². The highest BCUT2D eigenvalue weighted by Gasteiger charge is 2.22. The molecule has 0 saturated carbocycles. The Hall–Kier alpha value is -1.61. The van der Waals surface area contributed by atoms with E-state index in [2.05, 4.69) is 6.07 Å². The van der Waals surface area contributed by atoms with Crippen molar-refractivity contribution in [3.05, 3.63) is 47.4 Å². The molecular weight excluding hydrogens is 217 g/mol. The van der Waals surface area contributed by atoms with E-state index in [4.69, 9.17) is 0 Å². The Morgan fingerprint density at radius 3 is 2.94 bits per heavy atom. The van der Waals surface area contributed by atoms with Gasteiger partial charge in [-0.2, -0.15) is 0 Å². The summed E-state index contributed by atoms with van der Waals surface area (Å²) < 4.78 is 15.2. The highest BCUT2D eigenvalue weighted by atomic mass is 19.1. The van der Waals surface area contributed by atoms with Crippen LogP contribution in [0.25, 0.3) is 11.3 Å². The number of hydrogen-bond donors (Lipinski definition) is 1. The summed E-state index contributed by atoms with van der Waals surface area (Å²) in [5.41, 5.74) is 4.47. The summed E-state index contributed by atoms with van der Waals surface area (Å²) in [6.07, 6.45) is 2.40. The molecule has 3 heteroatoms. The van der Waals surface area contributed by atoms with Crippen molar-refractivity contribution in [2.75, 3.05) is 0 Å². The molecule has 0 saturated heterocycles. The second-order valence-corrected chi connectivity index (χ2v) is 4.67. The fraction of sp³-hybridized carbons (Fsp3) is 0.286. The van der Waals surface area contributed by atoms with Gasteiger partial charge in [0.25, 0.3) is 0 Å². The summed E-state index contributed by atoms with van der Waals surface area (Å²) >= 11 is 0. The van der Waals surface area contributed by atoms with E-state index >= 15 is 0 Å². The molecule has 1 heterocycles. The van der Waals surface area contributed by atoms with Crippen LogP contribution in [0.2, 0.25) is 0 Å². The maximum atomic E-state index is 13.2. The number of nitrogens with zero attached hydrogens (tertiary/aromatic N) is 1. The number of rotatable bonds is 2. The molecule has 0 unspecified atom stereocenters. The normalized spacial score (nSPS) is 14.5. The van der Waals surface area contributed by atoms with Crippen molar-refractivity contribution in [2.24, 2.45) is 0 Å². The van der Waals surface area contributed by atoms with Gasteiger partial charge in [-0.25, -0.2) is 4.39 Å². The highest BCUT2D eigenvalue weighted by Crippen LogP contribution is 2.37. The van der Waals surface area contributed by atoms with Crippen molar-refractivity contribution in [3.8, 4) is 11.3 Å². The molecule has 1 aliphatic rings. The lowest BCUT2D eigenvalue weighted by molar-refractivity contribution is 0.174. The zero-order valence-corrected chi connectivity index (χ0v) is 9.65. The lowest BCUT2D eigenvalue weighted by Gasteiger charge is -2.10. The molecule has 0 spiro atoms. The van der Waals surface area contributed by atoms with Gasteiger partial charge in [0.05, 0.1) is 11.8 Å². The number of halogens is 1. The zero-order chi connectivity index (χ0) is 12.0. The van der Waals surface area contributed by atoms with Gasteiger partial charge < -0.3 is 9.67 Å². The van der Waals surface area contributed by atoms with Crippen LogP contribution in [0.1, 0.15) is 18.1 Å². The minimum atomic E-state index is -0.379. The van der Waals surface area contributed by atoms with Crippen LogP contribution in [0, 0.1) is 5.82 Å². The average molecular weight is 231 g/mol. The molecule has 88 valence electrons. The summed E-state index contributed by atoms with van der Waals surface area (Å²) in [6, 6.07) is 6.97. The van der Waals surface area contributed by atoms with Crippen molar-refractivity contribution in [3.63, 3.8) is 0 Å². The van der Waals surface area contributed by atoms with E-state index in [0.29, 0.717) is 6.54 Å². The van der Waals surface area contributed by atoms with Gasteiger partial charge in [0, 0.05) is 24.7 Å². The van der Waals surface area contributed by atoms with Crippen LogP contribution in [-0.2, 0) is 13.0 Å². The first-order valence-electron chi connectivity index (χ1n) is 5.80. The summed E-state index contributed by atoms with van der Waals surface area (Å²) in [5.74, 6) is -0.184. The predicted molar refractivity (Wildman–Crippen MR) is 64.3 cm³/mol. The Kier molecular flexibility index (Phi) is 2.30. The molecule has 1 aliphatic carbocycles. The van der Waals surface area contributed by atoms with E-state index in [1.807, 2.05) is 16.8 Å². The molecule has 2 nitrogen and oxygen atoms in total. The molecule has 1 aromatic carbocycles. The number of aromatic nitrogens is 1. The smallest absolute Gasteiger partial charge is 0.123 e. The van der Waals surface area contributed by atoms with Gasteiger partial charge in [-0.15, -0.1) is 0 Å². The largest absolute Gasteiger partial charge is 0.392 e. The molecule has 2 aromatic rings. The molecule has 0 amide bonds. The van der Waals surface area contributed by atoms with Gasteiger partial charge in [0.15, 0.2) is 0 Å². The van der Waals surface area contributed by atoms with E-state index in [1.165, 1.54) is 11.6 Å². The van der Waals surface area contributed by atoms with Crippen molar-refractivity contribution in [1.29, 1.82) is 0 Å². The Balaban J connectivity index is 2.10. The maximum Gasteiger partial charge on any atom is 0.123 e. The van der Waals surface area contributed by atoms with Gasteiger partial charge in [-0.1, -0.05) is 0 Å². The van der Waals surface area contributed by atoms with Crippen LogP contribution in [0.15, 0.2) is 30.5 Å². The maximum absolute atomic E-state index is 13.2. The highest BCUT2D eigenvalue weighted by molar-refractivity contribution is 5.74. The third kappa shape index (κ3) is 1.67. The topological polar surface area (TPSA) is 25.2 Å². The first-order valence-corrected chi connectivity index (χ1v) is 5.80. The third-order valence-corrected chi connectivity index (χ3v) is 3.21. The fourth-order valence-electron chi connectivity index (χ4n) is 2.57. The van der Waals surface area contributed by atoms with Gasteiger partial charge in [-0.05, 0) is 42.3 Å². The Morgan fingerprint density at radius 1 is 1.35 bits per heavy atom. The summed E-state index contributed by atoms with van der Waals surface area (Å²) in [4.78, 5) is 0. The molecule has 0 bridgehead atoms. The summed E-state index contributed by atoms with van der Waals surface area (Å²) in [6.45, 7) is 2.35. The van der Waals surface area contributed by atoms with E-state index < -0.39 is 0 Å². The first-order chi connectivity index (χ1) is 8.15. The molecule has 1 atom stereocenters. The SMILES string of the molecule is C[C@@H](O)Cn1ccc2c1-c1ccc(F)cc1C2. The van der Waals surface area contributed by atoms with Crippen molar-refractivity contribution in [1.82, 2.24) is 4.57 Å². The van der Waals surface area contributed by atoms with Crippen molar-refractivity contribution >= 4 is 0 Å². The Bertz CT molecular complexity index is 572. The van der Waals surface area contributed by atoms with Gasteiger partial charge >= 0.3 is 0 Å². The lowest BCUT2D eigenvalue weighted by atomic mass is 10.1. The molecule has 3 rings (SSSR count). The second kappa shape index (κ2) is 3.70. The second-order valence-electron chi connectivity index (χ2n) is 4.67. The molecule has 0 radical (unpaired) electrons. The summed E-state index contributed by atoms with van der Waals surface area (Å²) in [5, 5.41) is 9.47. The molecule has 1 N–H and O–H groups in total. The lowest BCUT2D eigenvalue weighted by Crippen LogP contribution is -2.11. The van der Waals surface area contributed by atoms with Gasteiger partial charge in [-0.3, -0.25) is 0 Å². The monoisotopic (exact) mass is 231 g/mol. The molecule has 1 aromatic heterocycles. The third-order valence-electron chi connectivity index (χ3n) is 3.21. The minimum Gasteiger partial charge on any atom is -0.392 e. The van der Waals surface area contributed by atoms with E-state index in [1.54, 1.807) is 13.0 Å². The van der Waals surface area contributed by atoms with Crippen LogP contribution in [0.3, 0.4) is 0 Å². The Morgan fingerprint density at radius 2 is 2.18 bits per heavy atom. The van der Waals surface area contributed by atoms with Crippen molar-refractivity contribution < 1.29 is 9.50 Å². The number of hydrogen-bond acceptors (Lipinski definition) is 1. The number of aliphatic hydroxyl groups is 1.